The smallest absolute Gasteiger partial charge is 0.303 e. The average molecular weight is 507 g/mol. The number of pyridine rings is 1. The molecule has 36 heavy (non-hydrogen) atoms. The third kappa shape index (κ3) is 5.71. The molecule has 1 N–H and O–H groups in total. The van der Waals surface area contributed by atoms with E-state index in [-0.39, 0.29) is 24.5 Å². The molecule has 0 radical (unpaired) electrons. The molecule has 4 rings (SSSR count). The maximum atomic E-state index is 13.5. The maximum absolute atomic E-state index is 13.5. The quantitative estimate of drug-likeness (QED) is 0.377. The number of piperidine rings is 1. The summed E-state index contributed by atoms with van der Waals surface area (Å²) in [7, 11) is 1.90. The average Bonchev–Trinajstić information content (AvgIpc) is 3.14. The Kier molecular flexibility index (Phi) is 7.95. The molecule has 0 saturated carbocycles. The summed E-state index contributed by atoms with van der Waals surface area (Å²) >= 11 is 6.13. The van der Waals surface area contributed by atoms with E-state index in [0.29, 0.717) is 28.1 Å². The standard InChI is InChI=1S/C28H31ClN4O3/c1-18(13-25(35)36)12-24(34)26-23-15-21(16-30)17-31-27(23)32(2)28(26)33-10-8-19(9-11-33)6-7-20-4-3-5-22(29)14-20/h3-5,14-15,17-19H,6-13H2,1-2H3,(H,35,36)/t18-/m0/s1. The predicted octanol–water partition coefficient (Wildman–Crippen LogP) is 5.63. The largest absolute Gasteiger partial charge is 0.481 e. The van der Waals surface area contributed by atoms with Crippen LogP contribution >= 0.6 is 11.6 Å². The first-order valence-electron chi connectivity index (χ1n) is 12.4. The molecular formula is C28H31ClN4O3. The number of rotatable bonds is 9. The van der Waals surface area contributed by atoms with Crippen molar-refractivity contribution in [1.29, 1.82) is 5.26 Å². The topological polar surface area (TPSA) is 99.2 Å². The van der Waals surface area contributed by atoms with Crippen molar-refractivity contribution in [2.45, 2.75) is 45.4 Å². The van der Waals surface area contributed by atoms with Crippen LogP contribution in [0.5, 0.6) is 0 Å². The second kappa shape index (κ2) is 11.1. The van der Waals surface area contributed by atoms with Crippen molar-refractivity contribution in [1.82, 2.24) is 9.55 Å². The Morgan fingerprint density at radius 3 is 2.67 bits per heavy atom. The van der Waals surface area contributed by atoms with Crippen molar-refractivity contribution in [2.75, 3.05) is 18.0 Å². The van der Waals surface area contributed by atoms with Crippen LogP contribution in [-0.2, 0) is 18.3 Å². The molecule has 1 aliphatic rings. The highest BCUT2D eigenvalue weighted by molar-refractivity contribution is 6.30. The van der Waals surface area contributed by atoms with Gasteiger partial charge in [-0.1, -0.05) is 30.7 Å². The lowest BCUT2D eigenvalue weighted by molar-refractivity contribution is -0.137. The fourth-order valence-corrected chi connectivity index (χ4v) is 5.50. The minimum atomic E-state index is -0.915. The van der Waals surface area contributed by atoms with Crippen molar-refractivity contribution in [3.05, 3.63) is 58.2 Å². The van der Waals surface area contributed by atoms with Crippen LogP contribution in [0.25, 0.3) is 11.0 Å². The number of carbonyl (C=O) groups excluding carboxylic acids is 1. The zero-order valence-corrected chi connectivity index (χ0v) is 21.5. The van der Waals surface area contributed by atoms with Crippen LogP contribution in [0.3, 0.4) is 0 Å². The Morgan fingerprint density at radius 1 is 1.25 bits per heavy atom. The molecule has 0 bridgehead atoms. The van der Waals surface area contributed by atoms with E-state index in [0.717, 1.165) is 49.6 Å². The van der Waals surface area contributed by atoms with E-state index in [4.69, 9.17) is 16.7 Å². The molecule has 1 fully saturated rings. The molecule has 7 nitrogen and oxygen atoms in total. The number of carboxylic acid groups (broad SMARTS) is 1. The fourth-order valence-electron chi connectivity index (χ4n) is 5.29. The number of hydrogen-bond donors (Lipinski definition) is 1. The summed E-state index contributed by atoms with van der Waals surface area (Å²) < 4.78 is 1.94. The second-order valence-electron chi connectivity index (χ2n) is 9.89. The Morgan fingerprint density at radius 2 is 2.00 bits per heavy atom. The van der Waals surface area contributed by atoms with Gasteiger partial charge in [0.2, 0.25) is 0 Å². The number of carbonyl (C=O) groups is 2. The van der Waals surface area contributed by atoms with Crippen molar-refractivity contribution in [2.24, 2.45) is 18.9 Å². The van der Waals surface area contributed by atoms with Crippen LogP contribution in [0.15, 0.2) is 36.5 Å². The van der Waals surface area contributed by atoms with Gasteiger partial charge in [-0.3, -0.25) is 9.59 Å². The van der Waals surface area contributed by atoms with Crippen LogP contribution in [0, 0.1) is 23.2 Å². The molecule has 0 unspecified atom stereocenters. The van der Waals surface area contributed by atoms with Crippen LogP contribution in [0.4, 0.5) is 5.82 Å². The van der Waals surface area contributed by atoms with Gasteiger partial charge in [0.1, 0.15) is 17.5 Å². The lowest BCUT2D eigenvalue weighted by Crippen LogP contribution is -2.36. The summed E-state index contributed by atoms with van der Waals surface area (Å²) in [4.78, 5) is 31.4. The number of fused-ring (bicyclic) bond motifs is 1. The lowest BCUT2D eigenvalue weighted by atomic mass is 9.90. The first-order chi connectivity index (χ1) is 17.3. The molecule has 1 aromatic carbocycles. The summed E-state index contributed by atoms with van der Waals surface area (Å²) in [6.07, 6.45) is 5.70. The Balaban J connectivity index is 1.56. The molecule has 1 atom stereocenters. The molecule has 0 aliphatic carbocycles. The van der Waals surface area contributed by atoms with Crippen LogP contribution < -0.4 is 4.90 Å². The number of aliphatic carboxylic acids is 1. The number of ketones is 1. The Bertz CT molecular complexity index is 1320. The maximum Gasteiger partial charge on any atom is 0.303 e. The zero-order valence-electron chi connectivity index (χ0n) is 20.7. The number of nitrogens with zero attached hydrogens (tertiary/aromatic N) is 4. The molecule has 3 heterocycles. The molecule has 1 saturated heterocycles. The summed E-state index contributed by atoms with van der Waals surface area (Å²) in [5, 5.41) is 20.0. The van der Waals surface area contributed by atoms with E-state index in [9.17, 15) is 14.9 Å². The van der Waals surface area contributed by atoms with Gasteiger partial charge in [-0.25, -0.2) is 4.98 Å². The molecule has 188 valence electrons. The van der Waals surface area contributed by atoms with Gasteiger partial charge in [0.25, 0.3) is 0 Å². The number of carboxylic acids is 1. The highest BCUT2D eigenvalue weighted by Gasteiger charge is 2.30. The van der Waals surface area contributed by atoms with Crippen LogP contribution in [0.2, 0.25) is 5.02 Å². The van der Waals surface area contributed by atoms with Gasteiger partial charge in [-0.15, -0.1) is 0 Å². The number of hydrogen-bond acceptors (Lipinski definition) is 5. The van der Waals surface area contributed by atoms with E-state index < -0.39 is 5.97 Å². The summed E-state index contributed by atoms with van der Waals surface area (Å²) in [6.45, 7) is 3.42. The minimum absolute atomic E-state index is 0.0639. The predicted molar refractivity (Wildman–Crippen MR) is 141 cm³/mol. The fraction of sp³-hybridized carbons (Fsp3) is 0.429. The summed E-state index contributed by atoms with van der Waals surface area (Å²) in [5.74, 6) is 0.0925. The van der Waals surface area contributed by atoms with Gasteiger partial charge in [0.05, 0.1) is 11.1 Å². The molecular weight excluding hydrogens is 476 g/mol. The normalized spacial score (nSPS) is 15.1. The van der Waals surface area contributed by atoms with Gasteiger partial charge >= 0.3 is 5.97 Å². The van der Waals surface area contributed by atoms with Gasteiger partial charge in [-0.05, 0) is 61.3 Å². The Labute approximate surface area is 216 Å². The van der Waals surface area contributed by atoms with Crippen molar-refractivity contribution in [3.63, 3.8) is 0 Å². The van der Waals surface area contributed by atoms with Crippen LogP contribution in [-0.4, -0.2) is 39.5 Å². The number of anilines is 1. The van der Waals surface area contributed by atoms with E-state index in [1.54, 1.807) is 13.0 Å². The van der Waals surface area contributed by atoms with E-state index in [1.165, 1.54) is 11.8 Å². The molecule has 0 amide bonds. The third-order valence-electron chi connectivity index (χ3n) is 7.10. The number of Topliss-reactive ketones (excluding diaryl/α,β-unsaturated/α-hetero) is 1. The first-order valence-corrected chi connectivity index (χ1v) is 12.8. The third-order valence-corrected chi connectivity index (χ3v) is 7.34. The van der Waals surface area contributed by atoms with Crippen molar-refractivity contribution in [3.8, 4) is 6.07 Å². The summed E-state index contributed by atoms with van der Waals surface area (Å²) in [5.41, 5.74) is 2.85. The number of nitriles is 1. The van der Waals surface area contributed by atoms with Gasteiger partial charge in [0, 0.05) is 49.6 Å². The van der Waals surface area contributed by atoms with E-state index in [1.807, 2.05) is 29.8 Å². The lowest BCUT2D eigenvalue weighted by Gasteiger charge is -2.34. The molecule has 2 aromatic heterocycles. The van der Waals surface area contributed by atoms with Crippen molar-refractivity contribution >= 4 is 40.2 Å². The highest BCUT2D eigenvalue weighted by atomic mass is 35.5. The van der Waals surface area contributed by atoms with Gasteiger partial charge < -0.3 is 14.6 Å². The monoisotopic (exact) mass is 506 g/mol. The molecule has 8 heteroatoms. The van der Waals surface area contributed by atoms with Crippen molar-refractivity contribution < 1.29 is 14.7 Å². The minimum Gasteiger partial charge on any atom is -0.481 e. The molecule has 1 aliphatic heterocycles. The number of benzene rings is 1. The highest BCUT2D eigenvalue weighted by Crippen LogP contribution is 2.36. The zero-order chi connectivity index (χ0) is 25.8. The Hall–Kier alpha value is -3.37. The van der Waals surface area contributed by atoms with Gasteiger partial charge in [0.15, 0.2) is 5.78 Å². The molecule has 0 spiro atoms. The second-order valence-corrected chi connectivity index (χ2v) is 10.3. The van der Waals surface area contributed by atoms with E-state index in [2.05, 4.69) is 22.0 Å². The SMILES string of the molecule is C[C@H](CC(=O)O)CC(=O)c1c(N2CCC(CCc3cccc(Cl)c3)CC2)n(C)c2ncc(C#N)cc12. The first kappa shape index (κ1) is 25.7. The van der Waals surface area contributed by atoms with Crippen LogP contribution in [0.1, 0.15) is 60.5 Å². The summed E-state index contributed by atoms with van der Waals surface area (Å²) in [6, 6.07) is 11.9. The number of aryl methyl sites for hydroxylation is 2. The molecule has 3 aromatic rings. The van der Waals surface area contributed by atoms with E-state index >= 15 is 0 Å². The van der Waals surface area contributed by atoms with Gasteiger partial charge in [-0.2, -0.15) is 5.26 Å². The number of halogens is 1. The number of aromatic nitrogens is 2.